The fourth-order valence-corrected chi connectivity index (χ4v) is 4.14. The van der Waals surface area contributed by atoms with Gasteiger partial charge in [-0.3, -0.25) is 14.3 Å². The van der Waals surface area contributed by atoms with E-state index in [-0.39, 0.29) is 28.3 Å². The van der Waals surface area contributed by atoms with E-state index in [0.717, 1.165) is 29.1 Å². The van der Waals surface area contributed by atoms with Gasteiger partial charge in [-0.1, -0.05) is 17.8 Å². The maximum atomic E-state index is 14.4. The number of fused-ring (bicyclic) bond motifs is 1. The van der Waals surface area contributed by atoms with Gasteiger partial charge in [0.1, 0.15) is 11.5 Å². The highest BCUT2D eigenvalue weighted by molar-refractivity contribution is 7.98. The predicted molar refractivity (Wildman–Crippen MR) is 120 cm³/mol. The van der Waals surface area contributed by atoms with E-state index < -0.39 is 15.8 Å². The topological polar surface area (TPSA) is 121 Å². The molecule has 3 heterocycles. The van der Waals surface area contributed by atoms with Crippen molar-refractivity contribution >= 4 is 32.8 Å². The van der Waals surface area contributed by atoms with Crippen molar-refractivity contribution in [3.05, 3.63) is 76.1 Å². The molecule has 0 saturated carbocycles. The maximum absolute atomic E-state index is 14.4. The second kappa shape index (κ2) is 8.41. The minimum atomic E-state index is -3.99. The Morgan fingerprint density at radius 1 is 1.12 bits per heavy atom. The quantitative estimate of drug-likeness (QED) is 0.351. The summed E-state index contributed by atoms with van der Waals surface area (Å²) in [6.45, 7) is 1.94. The van der Waals surface area contributed by atoms with Crippen LogP contribution in [0.2, 0.25) is 0 Å². The lowest BCUT2D eigenvalue weighted by atomic mass is 10.1. The first-order chi connectivity index (χ1) is 15.2. The predicted octanol–water partition coefficient (Wildman–Crippen LogP) is 2.72. The molecule has 0 aliphatic carbocycles. The van der Waals surface area contributed by atoms with Crippen molar-refractivity contribution in [3.8, 4) is 11.3 Å². The third-order valence-electron chi connectivity index (χ3n) is 4.95. The lowest BCUT2D eigenvalue weighted by molar-refractivity contribution is 0.596. The zero-order valence-electron chi connectivity index (χ0n) is 17.1. The van der Waals surface area contributed by atoms with Crippen LogP contribution in [0.15, 0.2) is 63.5 Å². The van der Waals surface area contributed by atoms with E-state index in [9.17, 15) is 17.6 Å². The van der Waals surface area contributed by atoms with Gasteiger partial charge in [0.15, 0.2) is 5.16 Å². The SMILES string of the molecule is CSc1ncc2ccc(=O)n(Cc3ccc(-c4cc(S(N)(=O)=O)ccc4F)nc3C)c2n1. The smallest absolute Gasteiger partial charge is 0.252 e. The summed E-state index contributed by atoms with van der Waals surface area (Å²) in [6.07, 6.45) is 3.52. The summed E-state index contributed by atoms with van der Waals surface area (Å²) < 4.78 is 39.2. The maximum Gasteiger partial charge on any atom is 0.252 e. The van der Waals surface area contributed by atoms with Gasteiger partial charge in [0, 0.05) is 28.9 Å². The molecule has 0 aliphatic rings. The molecule has 0 unspecified atom stereocenters. The molecule has 0 bridgehead atoms. The molecule has 11 heteroatoms. The second-order valence-electron chi connectivity index (χ2n) is 7.02. The molecule has 1 aromatic carbocycles. The van der Waals surface area contributed by atoms with Crippen LogP contribution >= 0.6 is 11.8 Å². The molecule has 32 heavy (non-hydrogen) atoms. The molecule has 2 N–H and O–H groups in total. The molecule has 0 amide bonds. The second-order valence-corrected chi connectivity index (χ2v) is 9.36. The Balaban J connectivity index is 1.77. The third-order valence-corrected chi connectivity index (χ3v) is 6.42. The molecule has 4 aromatic rings. The molecule has 164 valence electrons. The van der Waals surface area contributed by atoms with E-state index in [1.165, 1.54) is 22.4 Å². The summed E-state index contributed by atoms with van der Waals surface area (Å²) >= 11 is 1.37. The van der Waals surface area contributed by atoms with Crippen LogP contribution in [0.25, 0.3) is 22.3 Å². The van der Waals surface area contributed by atoms with Gasteiger partial charge in [-0.2, -0.15) is 0 Å². The van der Waals surface area contributed by atoms with Crippen LogP contribution in [0.1, 0.15) is 11.3 Å². The van der Waals surface area contributed by atoms with Gasteiger partial charge >= 0.3 is 0 Å². The minimum absolute atomic E-state index is 0.0193. The van der Waals surface area contributed by atoms with Crippen molar-refractivity contribution < 1.29 is 12.8 Å². The van der Waals surface area contributed by atoms with Gasteiger partial charge < -0.3 is 0 Å². The number of thioether (sulfide) groups is 1. The number of primary sulfonamides is 1. The van der Waals surface area contributed by atoms with E-state index >= 15 is 0 Å². The first-order valence-corrected chi connectivity index (χ1v) is 12.1. The summed E-state index contributed by atoms with van der Waals surface area (Å²) in [5.41, 5.74) is 1.85. The van der Waals surface area contributed by atoms with Gasteiger partial charge in [0.25, 0.3) is 5.56 Å². The summed E-state index contributed by atoms with van der Waals surface area (Å²) in [4.78, 5) is 25.5. The summed E-state index contributed by atoms with van der Waals surface area (Å²) in [6, 6.07) is 9.73. The molecule has 8 nitrogen and oxygen atoms in total. The van der Waals surface area contributed by atoms with Gasteiger partial charge in [0.2, 0.25) is 10.0 Å². The molecule has 3 aromatic heterocycles. The van der Waals surface area contributed by atoms with Crippen molar-refractivity contribution in [2.45, 2.75) is 23.5 Å². The molecule has 0 fully saturated rings. The number of benzene rings is 1. The number of aryl methyl sites for hydroxylation is 1. The van der Waals surface area contributed by atoms with Crippen LogP contribution in [-0.2, 0) is 16.6 Å². The molecule has 0 atom stereocenters. The Morgan fingerprint density at radius 3 is 2.59 bits per heavy atom. The summed E-state index contributed by atoms with van der Waals surface area (Å²) in [5.74, 6) is -0.622. The van der Waals surface area contributed by atoms with E-state index in [2.05, 4.69) is 15.0 Å². The summed E-state index contributed by atoms with van der Waals surface area (Å²) in [5, 5.41) is 6.44. The number of nitrogens with two attached hydrogens (primary N) is 1. The van der Waals surface area contributed by atoms with Crippen molar-refractivity contribution in [2.75, 3.05) is 6.26 Å². The molecule has 0 aliphatic heterocycles. The van der Waals surface area contributed by atoms with Crippen LogP contribution in [0.3, 0.4) is 0 Å². The number of halogens is 1. The van der Waals surface area contributed by atoms with E-state index in [4.69, 9.17) is 5.14 Å². The largest absolute Gasteiger partial charge is 0.288 e. The van der Waals surface area contributed by atoms with Crippen LogP contribution < -0.4 is 10.7 Å². The minimum Gasteiger partial charge on any atom is -0.288 e. The van der Waals surface area contributed by atoms with Gasteiger partial charge in [0.05, 0.1) is 17.1 Å². The lowest BCUT2D eigenvalue weighted by Gasteiger charge is -2.13. The molecule has 0 saturated heterocycles. The standard InChI is InChI=1S/C21H18FN5O3S2/c1-12-14(11-27-19(28)8-4-13-10-24-21(31-2)26-20(13)27)3-7-18(25-12)16-9-15(32(23,29)30)5-6-17(16)22/h3-10H,11H2,1-2H3,(H2,23,29,30). The zero-order valence-corrected chi connectivity index (χ0v) is 18.7. The number of hydrogen-bond donors (Lipinski definition) is 1. The van der Waals surface area contributed by atoms with Crippen molar-refractivity contribution in [2.24, 2.45) is 5.14 Å². The van der Waals surface area contributed by atoms with Crippen molar-refractivity contribution in [3.63, 3.8) is 0 Å². The normalized spacial score (nSPS) is 11.8. The Labute approximate surface area is 187 Å². The molecule has 0 spiro atoms. The van der Waals surface area contributed by atoms with Gasteiger partial charge in [-0.05, 0) is 49.1 Å². The molecular weight excluding hydrogens is 453 g/mol. The number of sulfonamides is 1. The highest BCUT2D eigenvalue weighted by atomic mass is 32.2. The average Bonchev–Trinajstić information content (AvgIpc) is 2.76. The number of pyridine rings is 2. The van der Waals surface area contributed by atoms with Crippen molar-refractivity contribution in [1.82, 2.24) is 19.5 Å². The average molecular weight is 472 g/mol. The molecular formula is C21H18FN5O3S2. The number of rotatable bonds is 5. The molecule has 4 rings (SSSR count). The van der Waals surface area contributed by atoms with E-state index in [1.54, 1.807) is 31.3 Å². The Hall–Kier alpha value is -3.15. The number of aromatic nitrogens is 4. The van der Waals surface area contributed by atoms with E-state index in [0.29, 0.717) is 16.5 Å². The van der Waals surface area contributed by atoms with Crippen molar-refractivity contribution in [1.29, 1.82) is 0 Å². The third kappa shape index (κ3) is 4.27. The van der Waals surface area contributed by atoms with Crippen LogP contribution in [0, 0.1) is 12.7 Å². The Bertz CT molecular complexity index is 1520. The first-order valence-electron chi connectivity index (χ1n) is 9.37. The Morgan fingerprint density at radius 2 is 1.91 bits per heavy atom. The highest BCUT2D eigenvalue weighted by Crippen LogP contribution is 2.25. The van der Waals surface area contributed by atoms with Crippen LogP contribution in [-0.4, -0.2) is 34.2 Å². The zero-order chi connectivity index (χ0) is 23.0. The van der Waals surface area contributed by atoms with Crippen LogP contribution in [0.5, 0.6) is 0 Å². The Kier molecular flexibility index (Phi) is 5.80. The molecule has 0 radical (unpaired) electrons. The van der Waals surface area contributed by atoms with Gasteiger partial charge in [-0.15, -0.1) is 0 Å². The first kappa shape index (κ1) is 22.1. The fourth-order valence-electron chi connectivity index (χ4n) is 3.26. The fraction of sp³-hybridized carbons (Fsp3) is 0.143. The number of nitrogens with zero attached hydrogens (tertiary/aromatic N) is 4. The monoisotopic (exact) mass is 471 g/mol. The van der Waals surface area contributed by atoms with Gasteiger partial charge in [-0.25, -0.2) is 27.9 Å². The highest BCUT2D eigenvalue weighted by Gasteiger charge is 2.15. The number of hydrogen-bond acceptors (Lipinski definition) is 7. The lowest BCUT2D eigenvalue weighted by Crippen LogP contribution is -2.21. The van der Waals surface area contributed by atoms with Crippen LogP contribution in [0.4, 0.5) is 4.39 Å². The van der Waals surface area contributed by atoms with E-state index in [1.807, 2.05) is 6.26 Å². The summed E-state index contributed by atoms with van der Waals surface area (Å²) in [7, 11) is -3.99.